The first-order chi connectivity index (χ1) is 11.5. The van der Waals surface area contributed by atoms with Crippen molar-refractivity contribution < 1.29 is 8.42 Å². The van der Waals surface area contributed by atoms with Gasteiger partial charge in [-0.1, -0.05) is 53.2 Å². The summed E-state index contributed by atoms with van der Waals surface area (Å²) in [6.07, 6.45) is 0. The first-order valence-corrected chi connectivity index (χ1v) is 10.1. The Morgan fingerprint density at radius 1 is 0.750 bits per heavy atom. The minimum Gasteiger partial charge on any atom is -0.218 e. The summed E-state index contributed by atoms with van der Waals surface area (Å²) in [7, 11) is -3.71. The Hall–Kier alpha value is -1.46. The standard InChI is InChI=1S/C18H12Cl2O2S2/c19-13-6-11-17(20)18(12-13)24(21,22)16-9-7-15(8-10-16)23-14-4-2-1-3-5-14/h1-12H. The third-order valence-corrected chi connectivity index (χ3v) is 6.80. The lowest BCUT2D eigenvalue weighted by Crippen LogP contribution is -2.02. The van der Waals surface area contributed by atoms with Gasteiger partial charge in [0.25, 0.3) is 0 Å². The Kier molecular flexibility index (Phi) is 5.21. The van der Waals surface area contributed by atoms with Crippen LogP contribution in [0.25, 0.3) is 0 Å². The topological polar surface area (TPSA) is 34.1 Å². The fourth-order valence-electron chi connectivity index (χ4n) is 2.12. The second kappa shape index (κ2) is 7.19. The van der Waals surface area contributed by atoms with Crippen LogP contribution in [0, 0.1) is 0 Å². The SMILES string of the molecule is O=S(=O)(c1ccc(Sc2ccccc2)cc1)c1cc(Cl)ccc1Cl. The zero-order chi connectivity index (χ0) is 17.2. The molecule has 0 saturated carbocycles. The van der Waals surface area contributed by atoms with E-state index in [-0.39, 0.29) is 14.8 Å². The van der Waals surface area contributed by atoms with Crippen LogP contribution < -0.4 is 0 Å². The van der Waals surface area contributed by atoms with Gasteiger partial charge in [0.05, 0.1) is 14.8 Å². The van der Waals surface area contributed by atoms with Crippen LogP contribution in [0.3, 0.4) is 0 Å². The highest BCUT2D eigenvalue weighted by Gasteiger charge is 2.21. The lowest BCUT2D eigenvalue weighted by molar-refractivity contribution is 0.596. The molecule has 122 valence electrons. The fourth-order valence-corrected chi connectivity index (χ4v) is 4.97. The zero-order valence-electron chi connectivity index (χ0n) is 12.3. The van der Waals surface area contributed by atoms with Gasteiger partial charge in [0.1, 0.15) is 0 Å². The van der Waals surface area contributed by atoms with E-state index in [4.69, 9.17) is 23.2 Å². The van der Waals surface area contributed by atoms with Crippen molar-refractivity contribution in [2.24, 2.45) is 0 Å². The van der Waals surface area contributed by atoms with E-state index < -0.39 is 9.84 Å². The molecule has 0 N–H and O–H groups in total. The molecule has 0 spiro atoms. The molecule has 6 heteroatoms. The third-order valence-electron chi connectivity index (χ3n) is 3.30. The van der Waals surface area contributed by atoms with Gasteiger partial charge < -0.3 is 0 Å². The van der Waals surface area contributed by atoms with Crippen molar-refractivity contribution in [2.45, 2.75) is 19.6 Å². The highest BCUT2D eigenvalue weighted by atomic mass is 35.5. The Bertz CT molecular complexity index is 954. The second-order valence-electron chi connectivity index (χ2n) is 4.96. The van der Waals surface area contributed by atoms with E-state index in [1.807, 2.05) is 30.3 Å². The average Bonchev–Trinajstić information content (AvgIpc) is 2.58. The molecule has 0 aliphatic rings. The van der Waals surface area contributed by atoms with Crippen LogP contribution in [0.4, 0.5) is 0 Å². The van der Waals surface area contributed by atoms with Crippen molar-refractivity contribution in [3.05, 3.63) is 82.8 Å². The summed E-state index contributed by atoms with van der Waals surface area (Å²) >= 11 is 13.5. The van der Waals surface area contributed by atoms with Crippen molar-refractivity contribution in [1.82, 2.24) is 0 Å². The summed E-state index contributed by atoms with van der Waals surface area (Å²) in [4.78, 5) is 2.24. The Morgan fingerprint density at radius 2 is 1.38 bits per heavy atom. The normalized spacial score (nSPS) is 11.4. The van der Waals surface area contributed by atoms with Gasteiger partial charge in [0.2, 0.25) is 9.84 Å². The molecule has 3 aromatic carbocycles. The largest absolute Gasteiger partial charge is 0.218 e. The third kappa shape index (κ3) is 3.78. The lowest BCUT2D eigenvalue weighted by Gasteiger charge is -2.08. The number of hydrogen-bond donors (Lipinski definition) is 0. The van der Waals surface area contributed by atoms with Crippen LogP contribution in [0.5, 0.6) is 0 Å². The molecule has 0 radical (unpaired) electrons. The summed E-state index contributed by atoms with van der Waals surface area (Å²) in [6, 6.07) is 21.0. The molecule has 3 rings (SSSR count). The maximum atomic E-state index is 12.7. The predicted molar refractivity (Wildman–Crippen MR) is 98.9 cm³/mol. The molecule has 2 nitrogen and oxygen atoms in total. The van der Waals surface area contributed by atoms with Gasteiger partial charge >= 0.3 is 0 Å². The molecule has 24 heavy (non-hydrogen) atoms. The highest BCUT2D eigenvalue weighted by Crippen LogP contribution is 2.32. The predicted octanol–water partition coefficient (Wildman–Crippen LogP) is 5.98. The number of rotatable bonds is 4. The summed E-state index contributed by atoms with van der Waals surface area (Å²) in [5.41, 5.74) is 0. The van der Waals surface area contributed by atoms with Crippen molar-refractivity contribution in [3.8, 4) is 0 Å². The lowest BCUT2D eigenvalue weighted by atomic mass is 10.4. The van der Waals surface area contributed by atoms with E-state index >= 15 is 0 Å². The number of benzene rings is 3. The van der Waals surface area contributed by atoms with Crippen LogP contribution in [0.1, 0.15) is 0 Å². The minimum absolute atomic E-state index is 0.0140. The van der Waals surface area contributed by atoms with Crippen molar-refractivity contribution in [2.75, 3.05) is 0 Å². The Balaban J connectivity index is 1.91. The fraction of sp³-hybridized carbons (Fsp3) is 0. The van der Waals surface area contributed by atoms with Gasteiger partial charge in [0.15, 0.2) is 0 Å². The molecule has 0 fully saturated rings. The zero-order valence-corrected chi connectivity index (χ0v) is 15.5. The van der Waals surface area contributed by atoms with E-state index in [2.05, 4.69) is 0 Å². The van der Waals surface area contributed by atoms with E-state index in [9.17, 15) is 8.42 Å². The minimum atomic E-state index is -3.71. The molecule has 0 amide bonds. The van der Waals surface area contributed by atoms with E-state index in [0.717, 1.165) is 9.79 Å². The van der Waals surface area contributed by atoms with E-state index in [0.29, 0.717) is 5.02 Å². The molecular weight excluding hydrogens is 383 g/mol. The molecule has 0 saturated heterocycles. The summed E-state index contributed by atoms with van der Waals surface area (Å²) in [5, 5.41) is 0.483. The summed E-state index contributed by atoms with van der Waals surface area (Å²) in [6.45, 7) is 0. The van der Waals surface area contributed by atoms with Crippen LogP contribution in [-0.4, -0.2) is 8.42 Å². The highest BCUT2D eigenvalue weighted by molar-refractivity contribution is 7.99. The van der Waals surface area contributed by atoms with Crippen molar-refractivity contribution >= 4 is 44.8 Å². The second-order valence-corrected chi connectivity index (χ2v) is 8.87. The van der Waals surface area contributed by atoms with Gasteiger partial charge in [0, 0.05) is 14.8 Å². The van der Waals surface area contributed by atoms with Crippen LogP contribution >= 0.6 is 35.0 Å². The van der Waals surface area contributed by atoms with Gasteiger partial charge in [-0.25, -0.2) is 8.42 Å². The van der Waals surface area contributed by atoms with Crippen LogP contribution in [0.15, 0.2) is 92.4 Å². The first-order valence-electron chi connectivity index (χ1n) is 7.00. The molecule has 0 atom stereocenters. The Morgan fingerprint density at radius 3 is 2.04 bits per heavy atom. The average molecular weight is 395 g/mol. The molecule has 3 aromatic rings. The van der Waals surface area contributed by atoms with Gasteiger partial charge in [-0.2, -0.15) is 0 Å². The van der Waals surface area contributed by atoms with Crippen molar-refractivity contribution in [3.63, 3.8) is 0 Å². The quantitative estimate of drug-likeness (QED) is 0.545. The maximum Gasteiger partial charge on any atom is 0.208 e. The molecule has 0 aromatic heterocycles. The summed E-state index contributed by atoms with van der Waals surface area (Å²) in [5.74, 6) is 0. The van der Waals surface area contributed by atoms with Gasteiger partial charge in [-0.3, -0.25) is 0 Å². The first kappa shape index (κ1) is 17.4. The van der Waals surface area contributed by atoms with E-state index in [1.165, 1.54) is 12.1 Å². The van der Waals surface area contributed by atoms with Crippen LogP contribution in [0.2, 0.25) is 10.0 Å². The number of halogens is 2. The molecule has 0 unspecified atom stereocenters. The molecule has 0 bridgehead atoms. The van der Waals surface area contributed by atoms with E-state index in [1.54, 1.807) is 42.1 Å². The molecule has 0 aliphatic carbocycles. The molecular formula is C18H12Cl2O2S2. The molecule has 0 heterocycles. The van der Waals surface area contributed by atoms with Crippen LogP contribution in [-0.2, 0) is 9.84 Å². The molecule has 0 aliphatic heterocycles. The number of hydrogen-bond acceptors (Lipinski definition) is 3. The smallest absolute Gasteiger partial charge is 0.208 e. The number of sulfone groups is 1. The van der Waals surface area contributed by atoms with Gasteiger partial charge in [-0.05, 0) is 54.6 Å². The monoisotopic (exact) mass is 394 g/mol. The Labute approximate surface area is 155 Å². The van der Waals surface area contributed by atoms with Gasteiger partial charge in [-0.15, -0.1) is 0 Å². The van der Waals surface area contributed by atoms with Crippen molar-refractivity contribution in [1.29, 1.82) is 0 Å². The summed E-state index contributed by atoms with van der Waals surface area (Å²) < 4.78 is 25.5. The maximum absolute atomic E-state index is 12.7.